The van der Waals surface area contributed by atoms with E-state index in [9.17, 15) is 4.79 Å². The van der Waals surface area contributed by atoms with Gasteiger partial charge in [0.15, 0.2) is 4.96 Å². The summed E-state index contributed by atoms with van der Waals surface area (Å²) in [6, 6.07) is 13.0. The first kappa shape index (κ1) is 16.3. The number of imidazole rings is 1. The van der Waals surface area contributed by atoms with Crippen LogP contribution in [0.3, 0.4) is 0 Å². The van der Waals surface area contributed by atoms with Gasteiger partial charge in [0.2, 0.25) is 5.91 Å². The van der Waals surface area contributed by atoms with Crippen molar-refractivity contribution in [3.8, 4) is 5.75 Å². The first-order valence-corrected chi connectivity index (χ1v) is 8.98. The van der Waals surface area contributed by atoms with E-state index in [1.807, 2.05) is 58.6 Å². The van der Waals surface area contributed by atoms with Crippen LogP contribution in [-0.4, -0.2) is 20.3 Å². The molecule has 0 atom stereocenters. The lowest BCUT2D eigenvalue weighted by atomic mass is 10.2. The zero-order chi connectivity index (χ0) is 17.8. The summed E-state index contributed by atoms with van der Waals surface area (Å²) in [7, 11) is 0. The predicted octanol–water partition coefficient (Wildman–Crippen LogP) is 3.55. The lowest BCUT2D eigenvalue weighted by Gasteiger charge is -2.08. The Morgan fingerprint density at radius 2 is 2.15 bits per heavy atom. The van der Waals surface area contributed by atoms with Crippen molar-refractivity contribution in [2.75, 3.05) is 5.32 Å². The lowest BCUT2D eigenvalue weighted by Crippen LogP contribution is -2.14. The van der Waals surface area contributed by atoms with Crippen molar-refractivity contribution in [3.63, 3.8) is 0 Å². The molecule has 4 aromatic rings. The molecule has 0 saturated heterocycles. The zero-order valence-electron chi connectivity index (χ0n) is 13.8. The van der Waals surface area contributed by atoms with Crippen LogP contribution < -0.4 is 10.1 Å². The lowest BCUT2D eigenvalue weighted by molar-refractivity contribution is -0.115. The van der Waals surface area contributed by atoms with Crippen molar-refractivity contribution in [3.05, 3.63) is 77.8 Å². The van der Waals surface area contributed by atoms with Gasteiger partial charge in [0.05, 0.1) is 17.8 Å². The molecule has 7 heteroatoms. The minimum Gasteiger partial charge on any atom is -0.487 e. The fraction of sp³-hybridized carbons (Fsp3) is 0.105. The second kappa shape index (κ2) is 7.37. The number of benzene rings is 1. The largest absolute Gasteiger partial charge is 0.487 e. The van der Waals surface area contributed by atoms with Gasteiger partial charge in [-0.15, -0.1) is 11.3 Å². The molecule has 1 N–H and O–H groups in total. The van der Waals surface area contributed by atoms with E-state index in [0.717, 1.165) is 16.3 Å². The maximum absolute atomic E-state index is 12.3. The first-order chi connectivity index (χ1) is 12.8. The SMILES string of the molecule is O=C(Cc1cn2ccsc2n1)Nc1cccc(OCc2ccccn2)c1. The second-order valence-electron chi connectivity index (χ2n) is 5.69. The van der Waals surface area contributed by atoms with Crippen LogP contribution in [0.4, 0.5) is 5.69 Å². The highest BCUT2D eigenvalue weighted by atomic mass is 32.1. The number of ether oxygens (including phenoxy) is 1. The summed E-state index contributed by atoms with van der Waals surface area (Å²) < 4.78 is 7.65. The highest BCUT2D eigenvalue weighted by Gasteiger charge is 2.09. The van der Waals surface area contributed by atoms with Gasteiger partial charge in [-0.25, -0.2) is 4.98 Å². The molecule has 6 nitrogen and oxygen atoms in total. The summed E-state index contributed by atoms with van der Waals surface area (Å²) in [5.41, 5.74) is 2.29. The van der Waals surface area contributed by atoms with Crippen LogP contribution in [-0.2, 0) is 17.8 Å². The van der Waals surface area contributed by atoms with Crippen LogP contribution in [0, 0.1) is 0 Å². The molecule has 0 bridgehead atoms. The smallest absolute Gasteiger partial charge is 0.230 e. The van der Waals surface area contributed by atoms with Gasteiger partial charge in [0.25, 0.3) is 0 Å². The number of nitrogens with one attached hydrogen (secondary N) is 1. The van der Waals surface area contributed by atoms with Crippen LogP contribution in [0.2, 0.25) is 0 Å². The summed E-state index contributed by atoms with van der Waals surface area (Å²) in [5.74, 6) is 0.564. The minimum atomic E-state index is -0.113. The summed E-state index contributed by atoms with van der Waals surface area (Å²) >= 11 is 1.54. The van der Waals surface area contributed by atoms with Crippen molar-refractivity contribution in [1.29, 1.82) is 0 Å². The number of hydrogen-bond acceptors (Lipinski definition) is 5. The number of thiazole rings is 1. The molecule has 26 heavy (non-hydrogen) atoms. The molecule has 1 aromatic carbocycles. The molecule has 0 saturated carbocycles. The quantitative estimate of drug-likeness (QED) is 0.568. The van der Waals surface area contributed by atoms with Gasteiger partial charge < -0.3 is 10.1 Å². The monoisotopic (exact) mass is 364 g/mol. The average Bonchev–Trinajstić information content (AvgIpc) is 3.22. The van der Waals surface area contributed by atoms with E-state index in [2.05, 4.69) is 15.3 Å². The van der Waals surface area contributed by atoms with Gasteiger partial charge in [-0.2, -0.15) is 0 Å². The average molecular weight is 364 g/mol. The van der Waals surface area contributed by atoms with E-state index >= 15 is 0 Å². The summed E-state index contributed by atoms with van der Waals surface area (Å²) in [6.45, 7) is 0.379. The molecule has 0 aliphatic carbocycles. The Balaban J connectivity index is 1.36. The molecule has 0 aliphatic heterocycles. The van der Waals surface area contributed by atoms with Crippen molar-refractivity contribution in [1.82, 2.24) is 14.4 Å². The molecule has 0 spiro atoms. The van der Waals surface area contributed by atoms with Gasteiger partial charge in [-0.1, -0.05) is 12.1 Å². The predicted molar refractivity (Wildman–Crippen MR) is 100 cm³/mol. The topological polar surface area (TPSA) is 68.5 Å². The molecule has 3 heterocycles. The van der Waals surface area contributed by atoms with Gasteiger partial charge in [0, 0.05) is 35.7 Å². The first-order valence-electron chi connectivity index (χ1n) is 8.10. The third kappa shape index (κ3) is 3.89. The number of carbonyl (C=O) groups is 1. The Morgan fingerprint density at radius 3 is 3.00 bits per heavy atom. The number of carbonyl (C=O) groups excluding carboxylic acids is 1. The maximum Gasteiger partial charge on any atom is 0.230 e. The number of fused-ring (bicyclic) bond motifs is 1. The highest BCUT2D eigenvalue weighted by molar-refractivity contribution is 7.15. The summed E-state index contributed by atoms with van der Waals surface area (Å²) in [6.07, 6.45) is 5.76. The van der Waals surface area contributed by atoms with E-state index in [0.29, 0.717) is 18.0 Å². The molecule has 0 unspecified atom stereocenters. The Hall–Kier alpha value is -3.19. The molecule has 4 rings (SSSR count). The Labute approximate surface area is 154 Å². The van der Waals surface area contributed by atoms with Crippen molar-refractivity contribution < 1.29 is 9.53 Å². The van der Waals surface area contributed by atoms with E-state index in [1.165, 1.54) is 0 Å². The number of aromatic nitrogens is 3. The Morgan fingerprint density at radius 1 is 1.19 bits per heavy atom. The van der Waals surface area contributed by atoms with Crippen LogP contribution in [0.1, 0.15) is 11.4 Å². The van der Waals surface area contributed by atoms with Crippen LogP contribution >= 0.6 is 11.3 Å². The standard InChI is InChI=1S/C19H16N4O2S/c24-18(11-16-12-23-8-9-26-19(23)22-16)21-14-5-3-6-17(10-14)25-13-15-4-1-2-7-20-15/h1-10,12H,11,13H2,(H,21,24). The van der Waals surface area contributed by atoms with Crippen LogP contribution in [0.5, 0.6) is 5.75 Å². The maximum atomic E-state index is 12.3. The Bertz CT molecular complexity index is 998. The number of anilines is 1. The third-order valence-electron chi connectivity index (χ3n) is 3.72. The van der Waals surface area contributed by atoms with Crippen LogP contribution in [0.25, 0.3) is 4.96 Å². The summed E-state index contributed by atoms with van der Waals surface area (Å²) in [5, 5.41) is 4.85. The van der Waals surface area contributed by atoms with Gasteiger partial charge >= 0.3 is 0 Å². The fourth-order valence-corrected chi connectivity index (χ4v) is 3.25. The Kier molecular flexibility index (Phi) is 4.61. The summed E-state index contributed by atoms with van der Waals surface area (Å²) in [4.78, 5) is 21.8. The third-order valence-corrected chi connectivity index (χ3v) is 4.49. The number of nitrogens with zero attached hydrogens (tertiary/aromatic N) is 3. The fourth-order valence-electron chi connectivity index (χ4n) is 2.54. The van der Waals surface area contributed by atoms with E-state index in [4.69, 9.17) is 4.74 Å². The minimum absolute atomic E-state index is 0.113. The molecular formula is C19H16N4O2S. The van der Waals surface area contributed by atoms with Crippen molar-refractivity contribution >= 4 is 27.9 Å². The van der Waals surface area contributed by atoms with E-state index in [1.54, 1.807) is 23.6 Å². The molecule has 0 radical (unpaired) electrons. The second-order valence-corrected chi connectivity index (χ2v) is 6.56. The number of pyridine rings is 1. The van der Waals surface area contributed by atoms with Crippen LogP contribution in [0.15, 0.2) is 66.4 Å². The molecule has 0 aliphatic rings. The highest BCUT2D eigenvalue weighted by Crippen LogP contribution is 2.19. The molecule has 1 amide bonds. The van der Waals surface area contributed by atoms with Gasteiger partial charge in [0.1, 0.15) is 12.4 Å². The van der Waals surface area contributed by atoms with Crippen molar-refractivity contribution in [2.45, 2.75) is 13.0 Å². The molecule has 3 aromatic heterocycles. The van der Waals surface area contributed by atoms with E-state index < -0.39 is 0 Å². The molecule has 130 valence electrons. The molecular weight excluding hydrogens is 348 g/mol. The van der Waals surface area contributed by atoms with Gasteiger partial charge in [-0.05, 0) is 24.3 Å². The van der Waals surface area contributed by atoms with Crippen molar-refractivity contribution in [2.24, 2.45) is 0 Å². The molecule has 0 fully saturated rings. The van der Waals surface area contributed by atoms with E-state index in [-0.39, 0.29) is 12.3 Å². The number of rotatable bonds is 6. The van der Waals surface area contributed by atoms with Gasteiger partial charge in [-0.3, -0.25) is 14.2 Å². The normalized spacial score (nSPS) is 10.8. The number of amides is 1. The zero-order valence-corrected chi connectivity index (χ0v) is 14.6. The number of hydrogen-bond donors (Lipinski definition) is 1.